The predicted molar refractivity (Wildman–Crippen MR) is 54.9 cm³/mol. The van der Waals surface area contributed by atoms with Crippen LogP contribution in [0.3, 0.4) is 0 Å². The van der Waals surface area contributed by atoms with E-state index in [1.807, 2.05) is 24.3 Å². The average molecular weight is 192 g/mol. The van der Waals surface area contributed by atoms with Gasteiger partial charge in [-0.15, -0.1) is 0 Å². The Labute approximate surface area is 84.3 Å². The van der Waals surface area contributed by atoms with Gasteiger partial charge in [0.1, 0.15) is 5.41 Å². The topological polar surface area (TPSA) is 37.3 Å². The highest BCUT2D eigenvalue weighted by molar-refractivity contribution is 5.80. The lowest BCUT2D eigenvalue weighted by Gasteiger charge is -2.30. The molecule has 2 aliphatic rings. The van der Waals surface area contributed by atoms with E-state index < -0.39 is 11.4 Å². The summed E-state index contributed by atoms with van der Waals surface area (Å²) < 4.78 is 0. The van der Waals surface area contributed by atoms with Crippen LogP contribution in [0.25, 0.3) is 0 Å². The van der Waals surface area contributed by atoms with E-state index in [-0.39, 0.29) is 0 Å². The highest BCUT2D eigenvalue weighted by Crippen LogP contribution is 2.43. The SMILES string of the molecule is O=C(O)C1(C2CCCC2)C=CCC=C1. The quantitative estimate of drug-likeness (QED) is 0.683. The smallest absolute Gasteiger partial charge is 0.317 e. The number of allylic oxidation sites excluding steroid dienone is 2. The Morgan fingerprint density at radius 3 is 2.29 bits per heavy atom. The largest absolute Gasteiger partial charge is 0.480 e. The number of carboxylic acids is 1. The summed E-state index contributed by atoms with van der Waals surface area (Å²) in [4.78, 5) is 11.4. The maximum absolute atomic E-state index is 11.4. The summed E-state index contributed by atoms with van der Waals surface area (Å²) >= 11 is 0. The van der Waals surface area contributed by atoms with Crippen molar-refractivity contribution in [2.24, 2.45) is 11.3 Å². The summed E-state index contributed by atoms with van der Waals surface area (Å²) in [6, 6.07) is 0. The number of carbonyl (C=O) groups is 1. The highest BCUT2D eigenvalue weighted by Gasteiger charge is 2.42. The zero-order chi connectivity index (χ0) is 10.0. The molecule has 2 heteroatoms. The zero-order valence-corrected chi connectivity index (χ0v) is 8.28. The number of hydrogen-bond acceptors (Lipinski definition) is 1. The lowest BCUT2D eigenvalue weighted by molar-refractivity contribution is -0.146. The molecule has 2 rings (SSSR count). The van der Waals surface area contributed by atoms with Crippen LogP contribution in [-0.2, 0) is 4.79 Å². The summed E-state index contributed by atoms with van der Waals surface area (Å²) in [6.07, 6.45) is 13.1. The van der Waals surface area contributed by atoms with Crippen molar-refractivity contribution in [3.8, 4) is 0 Å². The third-order valence-electron chi connectivity index (χ3n) is 3.46. The standard InChI is InChI=1S/C12H16O2/c13-11(14)12(8-4-1-5-9-12)10-6-2-3-7-10/h4-5,8-10H,1-3,6-7H2,(H,13,14). The van der Waals surface area contributed by atoms with Gasteiger partial charge < -0.3 is 5.11 Å². The Morgan fingerprint density at radius 2 is 1.79 bits per heavy atom. The predicted octanol–water partition coefficient (Wildman–Crippen LogP) is 2.76. The van der Waals surface area contributed by atoms with Crippen LogP contribution in [0.15, 0.2) is 24.3 Å². The van der Waals surface area contributed by atoms with Gasteiger partial charge in [0.25, 0.3) is 0 Å². The van der Waals surface area contributed by atoms with Gasteiger partial charge in [0.15, 0.2) is 0 Å². The molecule has 1 N–H and O–H groups in total. The van der Waals surface area contributed by atoms with Crippen LogP contribution in [0.1, 0.15) is 32.1 Å². The van der Waals surface area contributed by atoms with Crippen molar-refractivity contribution in [2.45, 2.75) is 32.1 Å². The molecule has 0 spiro atoms. The average Bonchev–Trinajstić information content (AvgIpc) is 2.72. The minimum Gasteiger partial charge on any atom is -0.480 e. The maximum Gasteiger partial charge on any atom is 0.317 e. The number of hydrogen-bond donors (Lipinski definition) is 1. The second-order valence-electron chi connectivity index (χ2n) is 4.26. The molecule has 1 fully saturated rings. The van der Waals surface area contributed by atoms with E-state index in [0.29, 0.717) is 5.92 Å². The molecule has 0 bridgehead atoms. The monoisotopic (exact) mass is 192 g/mol. The van der Waals surface area contributed by atoms with E-state index in [2.05, 4.69) is 0 Å². The van der Waals surface area contributed by atoms with E-state index in [1.165, 1.54) is 12.8 Å². The highest BCUT2D eigenvalue weighted by atomic mass is 16.4. The number of carboxylic acid groups (broad SMARTS) is 1. The van der Waals surface area contributed by atoms with Crippen molar-refractivity contribution in [3.05, 3.63) is 24.3 Å². The van der Waals surface area contributed by atoms with Gasteiger partial charge in [0.05, 0.1) is 0 Å². The lowest BCUT2D eigenvalue weighted by atomic mass is 9.72. The molecule has 0 atom stereocenters. The molecule has 2 aliphatic carbocycles. The molecule has 0 unspecified atom stereocenters. The van der Waals surface area contributed by atoms with Gasteiger partial charge in [-0.1, -0.05) is 37.1 Å². The first-order chi connectivity index (χ1) is 6.76. The fourth-order valence-electron chi connectivity index (χ4n) is 2.65. The molecule has 0 radical (unpaired) electrons. The van der Waals surface area contributed by atoms with E-state index in [9.17, 15) is 9.90 Å². The molecule has 0 saturated heterocycles. The van der Waals surface area contributed by atoms with Crippen LogP contribution in [0.2, 0.25) is 0 Å². The van der Waals surface area contributed by atoms with Crippen molar-refractivity contribution in [3.63, 3.8) is 0 Å². The molecule has 0 aromatic heterocycles. The molecule has 0 heterocycles. The Morgan fingerprint density at radius 1 is 1.21 bits per heavy atom. The molecule has 1 saturated carbocycles. The zero-order valence-electron chi connectivity index (χ0n) is 8.28. The molecule has 0 aromatic rings. The van der Waals surface area contributed by atoms with E-state index >= 15 is 0 Å². The summed E-state index contributed by atoms with van der Waals surface area (Å²) in [7, 11) is 0. The van der Waals surface area contributed by atoms with Crippen LogP contribution in [0, 0.1) is 11.3 Å². The Balaban J connectivity index is 2.29. The summed E-state index contributed by atoms with van der Waals surface area (Å²) in [6.45, 7) is 0. The first-order valence-electron chi connectivity index (χ1n) is 5.34. The fourth-order valence-corrected chi connectivity index (χ4v) is 2.65. The van der Waals surface area contributed by atoms with Gasteiger partial charge in [-0.3, -0.25) is 4.79 Å². The molecular weight excluding hydrogens is 176 g/mol. The van der Waals surface area contributed by atoms with Crippen LogP contribution >= 0.6 is 0 Å². The van der Waals surface area contributed by atoms with Gasteiger partial charge in [0.2, 0.25) is 0 Å². The fraction of sp³-hybridized carbons (Fsp3) is 0.583. The minimum atomic E-state index is -0.686. The molecule has 0 amide bonds. The molecule has 0 aromatic carbocycles. The van der Waals surface area contributed by atoms with E-state index in [4.69, 9.17) is 0 Å². The van der Waals surface area contributed by atoms with Crippen molar-refractivity contribution < 1.29 is 9.90 Å². The minimum absolute atomic E-state index is 0.313. The first-order valence-corrected chi connectivity index (χ1v) is 5.34. The Bertz CT molecular complexity index is 271. The van der Waals surface area contributed by atoms with Crippen molar-refractivity contribution in [2.75, 3.05) is 0 Å². The first kappa shape index (κ1) is 9.50. The third kappa shape index (κ3) is 1.39. The second-order valence-corrected chi connectivity index (χ2v) is 4.26. The maximum atomic E-state index is 11.4. The third-order valence-corrected chi connectivity index (χ3v) is 3.46. The number of rotatable bonds is 2. The Kier molecular flexibility index (Phi) is 2.44. The van der Waals surface area contributed by atoms with Crippen LogP contribution in [0.5, 0.6) is 0 Å². The number of aliphatic carboxylic acids is 1. The summed E-state index contributed by atoms with van der Waals surface area (Å²) in [5, 5.41) is 9.35. The van der Waals surface area contributed by atoms with E-state index in [1.54, 1.807) is 0 Å². The van der Waals surface area contributed by atoms with Crippen molar-refractivity contribution >= 4 is 5.97 Å². The van der Waals surface area contributed by atoms with Crippen molar-refractivity contribution in [1.82, 2.24) is 0 Å². The Hall–Kier alpha value is -1.05. The second kappa shape index (κ2) is 3.60. The van der Waals surface area contributed by atoms with E-state index in [0.717, 1.165) is 19.3 Å². The van der Waals surface area contributed by atoms with Crippen LogP contribution < -0.4 is 0 Å². The van der Waals surface area contributed by atoms with Gasteiger partial charge in [-0.2, -0.15) is 0 Å². The van der Waals surface area contributed by atoms with Gasteiger partial charge in [-0.05, 0) is 25.2 Å². The molecule has 0 aliphatic heterocycles. The van der Waals surface area contributed by atoms with Crippen LogP contribution in [-0.4, -0.2) is 11.1 Å². The normalized spacial score (nSPS) is 25.4. The summed E-state index contributed by atoms with van der Waals surface area (Å²) in [5.41, 5.74) is -0.686. The van der Waals surface area contributed by atoms with Crippen molar-refractivity contribution in [1.29, 1.82) is 0 Å². The van der Waals surface area contributed by atoms with Gasteiger partial charge in [-0.25, -0.2) is 0 Å². The van der Waals surface area contributed by atoms with Crippen LogP contribution in [0.4, 0.5) is 0 Å². The van der Waals surface area contributed by atoms with Gasteiger partial charge >= 0.3 is 5.97 Å². The molecular formula is C12H16O2. The molecule has 2 nitrogen and oxygen atoms in total. The molecule has 14 heavy (non-hydrogen) atoms. The van der Waals surface area contributed by atoms with Gasteiger partial charge in [0, 0.05) is 0 Å². The molecule has 76 valence electrons. The summed E-state index contributed by atoms with van der Waals surface area (Å²) in [5.74, 6) is -0.371. The lowest BCUT2D eigenvalue weighted by Crippen LogP contribution is -2.34.